The topological polar surface area (TPSA) is 226 Å². The van der Waals surface area contributed by atoms with Crippen molar-refractivity contribution in [2.24, 2.45) is 10.9 Å². The summed E-state index contributed by atoms with van der Waals surface area (Å²) in [6.45, 7) is 14.9. The molecule has 0 saturated heterocycles. The number of thioether (sulfide) groups is 1. The van der Waals surface area contributed by atoms with Gasteiger partial charge in [-0.05, 0) is 88.5 Å². The zero-order valence-corrected chi connectivity index (χ0v) is 40.7. The van der Waals surface area contributed by atoms with Crippen LogP contribution in [-0.2, 0) is 29.8 Å². The van der Waals surface area contributed by atoms with Crippen LogP contribution in [0.3, 0.4) is 0 Å². The highest BCUT2D eigenvalue weighted by Gasteiger charge is 2.43. The van der Waals surface area contributed by atoms with Crippen LogP contribution in [0.1, 0.15) is 138 Å². The van der Waals surface area contributed by atoms with Crippen molar-refractivity contribution in [1.29, 1.82) is 0 Å². The number of amides is 1. The van der Waals surface area contributed by atoms with Gasteiger partial charge in [0.15, 0.2) is 21.3 Å². The van der Waals surface area contributed by atoms with Crippen molar-refractivity contribution in [1.82, 2.24) is 5.32 Å². The summed E-state index contributed by atoms with van der Waals surface area (Å²) < 4.78 is 82.9. The number of anilines is 1. The van der Waals surface area contributed by atoms with E-state index >= 15 is 0 Å². The van der Waals surface area contributed by atoms with Gasteiger partial charge in [0.2, 0.25) is 5.91 Å². The Balaban J connectivity index is 1.66. The highest BCUT2D eigenvalue weighted by atomic mass is 35.5. The summed E-state index contributed by atoms with van der Waals surface area (Å²) in [6, 6.07) is 3.11. The maximum atomic E-state index is 13.6. The number of ether oxygens (including phenoxy) is 1. The van der Waals surface area contributed by atoms with Crippen molar-refractivity contribution in [2.45, 2.75) is 132 Å². The van der Waals surface area contributed by atoms with Crippen LogP contribution in [-0.4, -0.2) is 72.1 Å². The molecule has 2 unspecified atom stereocenters. The van der Waals surface area contributed by atoms with E-state index in [-0.39, 0.29) is 77.2 Å². The molecular formula is C43H50Cl3N3O11S3. The van der Waals surface area contributed by atoms with Gasteiger partial charge in [0.05, 0.1) is 43.0 Å². The Labute approximate surface area is 386 Å². The van der Waals surface area contributed by atoms with E-state index in [9.17, 15) is 45.4 Å². The molecule has 0 radical (unpaired) electrons. The Morgan fingerprint density at radius 1 is 0.905 bits per heavy atom. The lowest BCUT2D eigenvalue weighted by molar-refractivity contribution is -0.122. The van der Waals surface area contributed by atoms with Crippen LogP contribution in [0.25, 0.3) is 5.57 Å². The summed E-state index contributed by atoms with van der Waals surface area (Å²) in [5, 5.41) is 15.5. The predicted molar refractivity (Wildman–Crippen MR) is 243 cm³/mol. The van der Waals surface area contributed by atoms with Crippen molar-refractivity contribution in [3.05, 3.63) is 65.6 Å². The molecule has 6 rings (SSSR count). The Bertz CT molecular complexity index is 2830. The first-order chi connectivity index (χ1) is 29.1. The number of carbonyl (C=O) groups excluding carboxylic acids is 2. The molecule has 5 N–H and O–H groups in total. The summed E-state index contributed by atoms with van der Waals surface area (Å²) >= 11 is 21.7. The summed E-state index contributed by atoms with van der Waals surface area (Å²) in [4.78, 5) is 41.6. The first-order valence-electron chi connectivity index (χ1n) is 20.4. The van der Waals surface area contributed by atoms with E-state index < -0.39 is 75.1 Å². The fraction of sp³-hybridized carbons (Fsp3) is 0.488. The molecule has 0 aliphatic carbocycles. The summed E-state index contributed by atoms with van der Waals surface area (Å²) in [5.41, 5.74) is -2.07. The normalized spacial score (nSPS) is 18.5. The number of aromatic carboxylic acids is 1. The molecule has 3 aromatic carbocycles. The first kappa shape index (κ1) is 49.0. The van der Waals surface area contributed by atoms with Gasteiger partial charge < -0.3 is 20.5 Å². The van der Waals surface area contributed by atoms with Gasteiger partial charge in [-0.3, -0.25) is 23.7 Å². The number of hydrogen-bond donors (Lipinski definition) is 5. The van der Waals surface area contributed by atoms with Gasteiger partial charge in [0.1, 0.15) is 5.78 Å². The number of benzene rings is 3. The number of ketones is 1. The molecule has 0 fully saturated rings. The number of Topliss-reactive ketones (excluding diaryl/α,β-unsaturated/α-hetero) is 1. The van der Waals surface area contributed by atoms with Gasteiger partial charge in [0, 0.05) is 51.2 Å². The number of carboxylic acids is 1. The van der Waals surface area contributed by atoms with Crippen LogP contribution in [0, 0.1) is 5.92 Å². The molecule has 1 amide bonds. The van der Waals surface area contributed by atoms with E-state index in [0.29, 0.717) is 56.2 Å². The number of nitrogens with one attached hydrogen (secondary N) is 2. The largest absolute Gasteiger partial charge is 0.478 e. The standard InChI is InChI=1S/C43H50Cl3N3O11S3/c1-19(2)26(50)12-10-9-11-13-47-27(51)18-61-38-32(45)29(30(41(52)53)31(44)33(38)46)28-24-14-22-20(3)16-42(5,6)48-34(22)39(62(54,55)56)36(24)60-37-25(28)15-23-21(4)17-43(7,8)49-35(23)40(37)63(57,58)59/h14-15,19-21,48H,9-13,16-18H2,1-8H3,(H,47,51)(H,52,53)(H,54,55,56)(H,57,58,59). The minimum absolute atomic E-state index is 0.0180. The fourth-order valence-corrected chi connectivity index (χ4v) is 12.5. The van der Waals surface area contributed by atoms with Crippen molar-refractivity contribution < 1.29 is 50.2 Å². The van der Waals surface area contributed by atoms with Crippen molar-refractivity contribution in [3.63, 3.8) is 0 Å². The van der Waals surface area contributed by atoms with Gasteiger partial charge in [0.25, 0.3) is 20.2 Å². The van der Waals surface area contributed by atoms with E-state index in [0.717, 1.165) is 11.8 Å². The molecule has 3 heterocycles. The molecule has 2 atom stereocenters. The monoisotopic (exact) mass is 985 g/mol. The second kappa shape index (κ2) is 17.8. The van der Waals surface area contributed by atoms with Gasteiger partial charge in [-0.25, -0.2) is 4.79 Å². The molecular weight excluding hydrogens is 937 g/mol. The molecule has 0 bridgehead atoms. The minimum atomic E-state index is -5.28. The van der Waals surface area contributed by atoms with E-state index in [4.69, 9.17) is 44.5 Å². The van der Waals surface area contributed by atoms with Gasteiger partial charge >= 0.3 is 5.97 Å². The number of nitrogens with zero attached hydrogens (tertiary/aromatic N) is 1. The Kier molecular flexibility index (Phi) is 13.8. The molecule has 342 valence electrons. The number of halogens is 3. The second-order valence-corrected chi connectivity index (χ2v) is 22.9. The zero-order valence-electron chi connectivity index (χ0n) is 36.0. The van der Waals surface area contributed by atoms with Crippen LogP contribution in [0.4, 0.5) is 5.69 Å². The number of fused-ring (bicyclic) bond motifs is 4. The summed E-state index contributed by atoms with van der Waals surface area (Å²) in [5.74, 6) is -4.13. The number of carbonyl (C=O) groups is 3. The molecule has 20 heteroatoms. The maximum Gasteiger partial charge on any atom is 0.337 e. The lowest BCUT2D eigenvalue weighted by Gasteiger charge is -2.40. The average Bonchev–Trinajstić information content (AvgIpc) is 3.13. The number of rotatable bonds is 14. The molecule has 63 heavy (non-hydrogen) atoms. The molecule has 3 aliphatic rings. The van der Waals surface area contributed by atoms with Crippen molar-refractivity contribution in [2.75, 3.05) is 17.6 Å². The third-order valence-electron chi connectivity index (χ3n) is 11.5. The van der Waals surface area contributed by atoms with Gasteiger partial charge in [-0.1, -0.05) is 68.9 Å². The summed E-state index contributed by atoms with van der Waals surface area (Å²) in [6.07, 6.45) is 3.39. The van der Waals surface area contributed by atoms with Crippen LogP contribution < -0.4 is 25.9 Å². The SMILES string of the molecule is CC(C)C(=O)CCCCCNC(=O)CSc1c(Cl)c(Cl)c(C(=O)O)c(C2=c3cc4c(c(S(=O)(=O)O)c3Oc3c2cc2c(c3S(=O)(=O)O)NC(C)(C)CC2C)=NC(C)(C)CC4C)c1Cl. The van der Waals surface area contributed by atoms with E-state index in [2.05, 4.69) is 10.6 Å². The van der Waals surface area contributed by atoms with E-state index in [1.54, 1.807) is 26.0 Å². The minimum Gasteiger partial charge on any atom is -0.478 e. The molecule has 3 aliphatic heterocycles. The van der Waals surface area contributed by atoms with Crippen LogP contribution >= 0.6 is 46.6 Å². The van der Waals surface area contributed by atoms with Crippen LogP contribution in [0.5, 0.6) is 11.5 Å². The zero-order chi connectivity index (χ0) is 46.9. The first-order valence-corrected chi connectivity index (χ1v) is 25.4. The predicted octanol–water partition coefficient (Wildman–Crippen LogP) is 8.79. The molecule has 3 aromatic rings. The fourth-order valence-electron chi connectivity index (χ4n) is 8.87. The lowest BCUT2D eigenvalue weighted by Crippen LogP contribution is -2.39. The second-order valence-electron chi connectivity index (χ2n) is 18.0. The smallest absolute Gasteiger partial charge is 0.337 e. The van der Waals surface area contributed by atoms with Crippen molar-refractivity contribution >= 4 is 95.7 Å². The van der Waals surface area contributed by atoms with Gasteiger partial charge in [-0.2, -0.15) is 16.8 Å². The third kappa shape index (κ3) is 9.77. The molecule has 0 spiro atoms. The molecule has 0 saturated carbocycles. The van der Waals surface area contributed by atoms with Crippen LogP contribution in [0.2, 0.25) is 15.1 Å². The van der Waals surface area contributed by atoms with Crippen molar-refractivity contribution in [3.8, 4) is 11.5 Å². The number of hydrogen-bond acceptors (Lipinski definition) is 11. The lowest BCUT2D eigenvalue weighted by atomic mass is 9.79. The van der Waals surface area contributed by atoms with E-state index in [1.165, 1.54) is 0 Å². The average molecular weight is 987 g/mol. The van der Waals surface area contributed by atoms with Gasteiger partial charge in [-0.15, -0.1) is 11.8 Å². The molecule has 14 nitrogen and oxygen atoms in total. The number of carboxylic acid groups (broad SMARTS) is 1. The Morgan fingerprint density at radius 2 is 1.54 bits per heavy atom. The Morgan fingerprint density at radius 3 is 2.14 bits per heavy atom. The third-order valence-corrected chi connectivity index (χ3v) is 15.8. The summed E-state index contributed by atoms with van der Waals surface area (Å²) in [7, 11) is -10.5. The van der Waals surface area contributed by atoms with Crippen LogP contribution in [0.15, 0.2) is 31.8 Å². The molecule has 0 aromatic heterocycles. The maximum absolute atomic E-state index is 13.6. The Hall–Kier alpha value is -3.42. The number of unbranched alkanes of at least 4 members (excludes halogenated alkanes) is 2. The highest BCUT2D eigenvalue weighted by molar-refractivity contribution is 8.00. The van der Waals surface area contributed by atoms with E-state index in [1.807, 2.05) is 41.5 Å². The quantitative estimate of drug-likeness (QED) is 0.0345. The highest BCUT2D eigenvalue weighted by Crippen LogP contribution is 2.54.